The van der Waals surface area contributed by atoms with E-state index in [-0.39, 0.29) is 10.4 Å². The quantitative estimate of drug-likeness (QED) is 0.222. The molecule has 0 aliphatic heterocycles. The lowest BCUT2D eigenvalue weighted by molar-refractivity contribution is 0.0698. The summed E-state index contributed by atoms with van der Waals surface area (Å²) in [5.74, 6) is -0.431. The van der Waals surface area contributed by atoms with Gasteiger partial charge in [-0.25, -0.2) is 4.39 Å². The predicted molar refractivity (Wildman–Crippen MR) is 132 cm³/mol. The Balaban J connectivity index is 1.88. The number of halogens is 3. The van der Waals surface area contributed by atoms with Crippen LogP contribution in [-0.4, -0.2) is 15.9 Å². The Morgan fingerprint density at radius 1 is 1.12 bits per heavy atom. The normalized spacial score (nSPS) is 18.0. The molecule has 0 bridgehead atoms. The van der Waals surface area contributed by atoms with Gasteiger partial charge in [0.2, 0.25) is 0 Å². The Morgan fingerprint density at radius 3 is 2.41 bits per heavy atom. The number of hydrogen-bond acceptors (Lipinski definition) is 3. The topological polar surface area (TPSA) is 44.3 Å². The Bertz CT molecular complexity index is 886. The van der Waals surface area contributed by atoms with Crippen molar-refractivity contribution in [3.05, 3.63) is 69.5 Å². The molecule has 0 amide bonds. The molecule has 1 saturated carbocycles. The number of ether oxygens (including phenoxy) is 1. The van der Waals surface area contributed by atoms with E-state index in [1.54, 1.807) is 0 Å². The van der Waals surface area contributed by atoms with Crippen molar-refractivity contribution in [1.82, 2.24) is 4.72 Å². The molecule has 2 atom stereocenters. The van der Waals surface area contributed by atoms with Crippen molar-refractivity contribution in [2.75, 3.05) is 6.61 Å². The van der Waals surface area contributed by atoms with Crippen LogP contribution in [-0.2, 0) is 22.7 Å². The smallest absolute Gasteiger partial charge is 0.136 e. The van der Waals surface area contributed by atoms with E-state index in [1.807, 2.05) is 51.1 Å². The molecule has 1 aliphatic carbocycles. The zero-order chi connectivity index (χ0) is 23.4. The van der Waals surface area contributed by atoms with E-state index in [9.17, 15) is 4.55 Å². The molecule has 3 nitrogen and oxygen atoms in total. The summed E-state index contributed by atoms with van der Waals surface area (Å²) in [6.07, 6.45) is 4.52. The molecule has 7 heteroatoms. The van der Waals surface area contributed by atoms with Gasteiger partial charge in [0, 0.05) is 23.5 Å². The Kier molecular flexibility index (Phi) is 8.92. The van der Waals surface area contributed by atoms with Crippen LogP contribution in [0.25, 0.3) is 0 Å². The zero-order valence-corrected chi connectivity index (χ0v) is 21.3. The van der Waals surface area contributed by atoms with Crippen molar-refractivity contribution in [1.29, 1.82) is 0 Å². The summed E-state index contributed by atoms with van der Waals surface area (Å²) in [4.78, 5) is 0. The van der Waals surface area contributed by atoms with E-state index < -0.39 is 28.0 Å². The van der Waals surface area contributed by atoms with Gasteiger partial charge in [-0.05, 0) is 63.1 Å². The molecule has 0 spiro atoms. The maximum absolute atomic E-state index is 15.1. The minimum atomic E-state index is -1.41. The lowest BCUT2D eigenvalue weighted by Gasteiger charge is -2.40. The van der Waals surface area contributed by atoms with Gasteiger partial charge >= 0.3 is 0 Å². The highest BCUT2D eigenvalue weighted by atomic mass is 35.5. The van der Waals surface area contributed by atoms with Gasteiger partial charge in [-0.3, -0.25) is 0 Å². The number of rotatable bonds is 9. The van der Waals surface area contributed by atoms with Crippen molar-refractivity contribution in [3.63, 3.8) is 0 Å². The van der Waals surface area contributed by atoms with Gasteiger partial charge in [0.05, 0.1) is 22.7 Å². The van der Waals surface area contributed by atoms with Crippen LogP contribution in [0.5, 0.6) is 0 Å². The summed E-state index contributed by atoms with van der Waals surface area (Å²) in [6, 6.07) is 12.3. The molecule has 0 saturated heterocycles. The highest BCUT2D eigenvalue weighted by Gasteiger charge is 2.47. The third-order valence-corrected chi connectivity index (χ3v) is 8.60. The number of hydrogen-bond donors (Lipinski definition) is 1. The third-order valence-electron chi connectivity index (χ3n) is 6.22. The fourth-order valence-electron chi connectivity index (χ4n) is 4.38. The summed E-state index contributed by atoms with van der Waals surface area (Å²) in [5, 5.41) is 0.483. The average Bonchev–Trinajstić information content (AvgIpc) is 3.23. The molecule has 1 N–H and O–H groups in total. The number of nitrogens with one attached hydrogen (secondary N) is 1. The largest absolute Gasteiger partial charge is 0.598 e. The standard InChI is InChI=1S/C25H32Cl2FNO2S/c1-24(2,3)32(30)29-23(21-20(28)12-11-19(26)22(21)27)25(13-7-8-14-25)15-16-31-17-18-9-5-4-6-10-18/h4-6,9-12,23,29H,7-8,13-17H2,1-3H3/t23?,32-/m1/s1. The van der Waals surface area contributed by atoms with Gasteiger partial charge in [-0.15, -0.1) is 4.72 Å². The van der Waals surface area contributed by atoms with Crippen LogP contribution in [0.2, 0.25) is 10.0 Å². The van der Waals surface area contributed by atoms with Crippen LogP contribution in [0.15, 0.2) is 42.5 Å². The van der Waals surface area contributed by atoms with Crippen molar-refractivity contribution in [3.8, 4) is 0 Å². The van der Waals surface area contributed by atoms with E-state index in [1.165, 1.54) is 12.1 Å². The molecule has 2 aromatic carbocycles. The van der Waals surface area contributed by atoms with Crippen molar-refractivity contribution in [2.45, 2.75) is 70.3 Å². The second-order valence-corrected chi connectivity index (χ2v) is 12.3. The zero-order valence-electron chi connectivity index (χ0n) is 18.9. The molecule has 1 unspecified atom stereocenters. The maximum Gasteiger partial charge on any atom is 0.136 e. The van der Waals surface area contributed by atoms with Crippen molar-refractivity contribution < 1.29 is 13.7 Å². The van der Waals surface area contributed by atoms with E-state index in [4.69, 9.17) is 27.9 Å². The summed E-state index contributed by atoms with van der Waals surface area (Å²) in [7, 11) is 0. The van der Waals surface area contributed by atoms with Gasteiger partial charge in [0.1, 0.15) is 10.6 Å². The SMILES string of the molecule is CC(C)(C)[S@@+]([O-])NC(c1c(F)ccc(Cl)c1Cl)C1(CCOCc2ccccc2)CCCC1. The first-order valence-corrected chi connectivity index (χ1v) is 13.0. The average molecular weight is 501 g/mol. The fraction of sp³-hybridized carbons (Fsp3) is 0.520. The van der Waals surface area contributed by atoms with Crippen LogP contribution >= 0.6 is 23.2 Å². The van der Waals surface area contributed by atoms with Crippen LogP contribution in [0.1, 0.15) is 70.0 Å². The molecule has 1 aliphatic rings. The Morgan fingerprint density at radius 2 is 1.78 bits per heavy atom. The molecule has 2 aromatic rings. The fourth-order valence-corrected chi connectivity index (χ4v) is 5.75. The Hall–Kier alpha value is -0.820. The van der Waals surface area contributed by atoms with E-state index in [0.29, 0.717) is 30.2 Å². The van der Waals surface area contributed by atoms with Gasteiger partial charge in [-0.2, -0.15) is 0 Å². The van der Waals surface area contributed by atoms with E-state index in [2.05, 4.69) is 4.72 Å². The predicted octanol–water partition coefficient (Wildman–Crippen LogP) is 7.39. The van der Waals surface area contributed by atoms with E-state index >= 15 is 4.39 Å². The van der Waals surface area contributed by atoms with Crippen molar-refractivity contribution >= 4 is 34.6 Å². The summed E-state index contributed by atoms with van der Waals surface area (Å²) < 4.78 is 37.0. The highest BCUT2D eigenvalue weighted by Crippen LogP contribution is 2.53. The molecule has 0 heterocycles. The first-order valence-electron chi connectivity index (χ1n) is 11.1. The summed E-state index contributed by atoms with van der Waals surface area (Å²) >= 11 is 11.4. The minimum Gasteiger partial charge on any atom is -0.598 e. The van der Waals surface area contributed by atoms with Gasteiger partial charge in [0.25, 0.3) is 0 Å². The van der Waals surface area contributed by atoms with Gasteiger partial charge < -0.3 is 9.29 Å². The van der Waals surface area contributed by atoms with Crippen LogP contribution in [0.3, 0.4) is 0 Å². The van der Waals surface area contributed by atoms with Crippen LogP contribution in [0, 0.1) is 11.2 Å². The minimum absolute atomic E-state index is 0.187. The molecule has 0 aromatic heterocycles. The van der Waals surface area contributed by atoms with Crippen LogP contribution < -0.4 is 4.72 Å². The number of benzene rings is 2. The van der Waals surface area contributed by atoms with E-state index in [0.717, 1.165) is 31.2 Å². The third kappa shape index (κ3) is 6.19. The molecule has 1 fully saturated rings. The summed E-state index contributed by atoms with van der Waals surface area (Å²) in [6.45, 7) is 6.73. The molecular formula is C25H32Cl2FNO2S. The molecule has 0 radical (unpaired) electrons. The lowest BCUT2D eigenvalue weighted by Crippen LogP contribution is -2.47. The second-order valence-electron chi connectivity index (χ2n) is 9.55. The maximum atomic E-state index is 15.1. The highest BCUT2D eigenvalue weighted by molar-refractivity contribution is 7.90. The molecule has 176 valence electrons. The first-order chi connectivity index (χ1) is 15.1. The molecular weight excluding hydrogens is 468 g/mol. The van der Waals surface area contributed by atoms with Crippen LogP contribution in [0.4, 0.5) is 4.39 Å². The molecule has 3 rings (SSSR count). The first kappa shape index (κ1) is 25.8. The monoisotopic (exact) mass is 499 g/mol. The van der Waals surface area contributed by atoms with Crippen molar-refractivity contribution in [2.24, 2.45) is 5.41 Å². The van der Waals surface area contributed by atoms with Gasteiger partial charge in [-0.1, -0.05) is 66.4 Å². The summed E-state index contributed by atoms with van der Waals surface area (Å²) in [5.41, 5.74) is 1.09. The second kappa shape index (κ2) is 11.1. The Labute approximate surface area is 204 Å². The van der Waals surface area contributed by atoms with Gasteiger partial charge in [0.15, 0.2) is 0 Å². The molecule has 32 heavy (non-hydrogen) atoms. The lowest BCUT2D eigenvalue weighted by atomic mass is 9.73.